The van der Waals surface area contributed by atoms with Crippen molar-refractivity contribution in [1.29, 1.82) is 0 Å². The number of aryl methyl sites for hydroxylation is 1. The Morgan fingerprint density at radius 3 is 3.00 bits per heavy atom. The lowest BCUT2D eigenvalue weighted by Gasteiger charge is -2.22. The van der Waals surface area contributed by atoms with Crippen molar-refractivity contribution in [3.63, 3.8) is 0 Å². The Morgan fingerprint density at radius 1 is 1.44 bits per heavy atom. The molecule has 1 unspecified atom stereocenters. The van der Waals surface area contributed by atoms with Gasteiger partial charge in [0.2, 0.25) is 5.91 Å². The highest BCUT2D eigenvalue weighted by molar-refractivity contribution is 5.81. The van der Waals surface area contributed by atoms with Gasteiger partial charge in [0, 0.05) is 18.4 Å². The highest BCUT2D eigenvalue weighted by Gasteiger charge is 2.44. The van der Waals surface area contributed by atoms with Crippen LogP contribution in [0.2, 0.25) is 0 Å². The number of hydrogen-bond acceptors (Lipinski definition) is 2. The van der Waals surface area contributed by atoms with Gasteiger partial charge < -0.3 is 10.1 Å². The highest BCUT2D eigenvalue weighted by Crippen LogP contribution is 2.44. The number of carbonyl (C=O) groups excluding carboxylic acids is 1. The summed E-state index contributed by atoms with van der Waals surface area (Å²) in [6.45, 7) is 0.784. The monoisotopic (exact) mass is 217 g/mol. The number of amides is 1. The number of carbonyl (C=O) groups is 1. The van der Waals surface area contributed by atoms with Crippen LogP contribution in [-0.2, 0) is 16.6 Å². The van der Waals surface area contributed by atoms with E-state index in [1.165, 1.54) is 11.1 Å². The molecule has 1 N–H and O–H groups in total. The summed E-state index contributed by atoms with van der Waals surface area (Å²) in [6, 6.07) is 6.23. The van der Waals surface area contributed by atoms with Crippen LogP contribution in [0.4, 0.5) is 0 Å². The Bertz CT molecular complexity index is 455. The Hall–Kier alpha value is -1.51. The number of rotatable bonds is 1. The zero-order valence-electron chi connectivity index (χ0n) is 9.38. The summed E-state index contributed by atoms with van der Waals surface area (Å²) in [5.74, 6) is 1.06. The molecule has 0 bridgehead atoms. The van der Waals surface area contributed by atoms with E-state index < -0.39 is 0 Å². The highest BCUT2D eigenvalue weighted by atomic mass is 16.5. The van der Waals surface area contributed by atoms with Crippen LogP contribution in [0.15, 0.2) is 18.2 Å². The first kappa shape index (κ1) is 9.70. The molecule has 0 saturated carbocycles. The second-order valence-corrected chi connectivity index (χ2v) is 4.76. The van der Waals surface area contributed by atoms with Crippen LogP contribution in [0.5, 0.6) is 5.75 Å². The van der Waals surface area contributed by atoms with E-state index in [-0.39, 0.29) is 11.3 Å². The standard InChI is InChI=1S/C13H15NO2/c1-16-10-3-2-9-4-5-13(11(9)6-10)7-12(15)14-8-13/h2-3,6H,4-5,7-8H2,1H3,(H,14,15). The predicted octanol–water partition coefficient (Wildman–Crippen LogP) is 1.40. The number of nitrogens with one attached hydrogen (secondary N) is 1. The molecule has 1 atom stereocenters. The van der Waals surface area contributed by atoms with Gasteiger partial charge >= 0.3 is 0 Å². The fraction of sp³-hybridized carbons (Fsp3) is 0.462. The van der Waals surface area contributed by atoms with Crippen molar-refractivity contribution in [3.05, 3.63) is 29.3 Å². The lowest BCUT2D eigenvalue weighted by atomic mass is 9.81. The predicted molar refractivity (Wildman–Crippen MR) is 60.6 cm³/mol. The van der Waals surface area contributed by atoms with E-state index in [0.29, 0.717) is 6.42 Å². The summed E-state index contributed by atoms with van der Waals surface area (Å²) < 4.78 is 5.26. The minimum Gasteiger partial charge on any atom is -0.497 e. The van der Waals surface area contributed by atoms with Crippen molar-refractivity contribution in [2.75, 3.05) is 13.7 Å². The molecule has 16 heavy (non-hydrogen) atoms. The van der Waals surface area contributed by atoms with Gasteiger partial charge in [0.15, 0.2) is 0 Å². The minimum absolute atomic E-state index is 0.0426. The first-order valence-corrected chi connectivity index (χ1v) is 5.68. The van der Waals surface area contributed by atoms with Gasteiger partial charge in [-0.3, -0.25) is 4.79 Å². The molecular weight excluding hydrogens is 202 g/mol. The van der Waals surface area contributed by atoms with E-state index in [1.54, 1.807) is 7.11 Å². The van der Waals surface area contributed by atoms with Crippen molar-refractivity contribution < 1.29 is 9.53 Å². The summed E-state index contributed by atoms with van der Waals surface area (Å²) >= 11 is 0. The van der Waals surface area contributed by atoms with Gasteiger partial charge in [-0.15, -0.1) is 0 Å². The first-order chi connectivity index (χ1) is 7.73. The molecule has 1 saturated heterocycles. The molecule has 1 aliphatic heterocycles. The fourth-order valence-electron chi connectivity index (χ4n) is 2.97. The molecule has 1 fully saturated rings. The first-order valence-electron chi connectivity index (χ1n) is 5.68. The van der Waals surface area contributed by atoms with Crippen LogP contribution in [0.3, 0.4) is 0 Å². The lowest BCUT2D eigenvalue weighted by molar-refractivity contribution is -0.119. The van der Waals surface area contributed by atoms with Gasteiger partial charge in [0.1, 0.15) is 5.75 Å². The zero-order valence-corrected chi connectivity index (χ0v) is 9.38. The van der Waals surface area contributed by atoms with E-state index in [9.17, 15) is 4.79 Å². The molecule has 1 aromatic rings. The van der Waals surface area contributed by atoms with Gasteiger partial charge in [-0.25, -0.2) is 0 Å². The van der Waals surface area contributed by atoms with Gasteiger partial charge in [-0.2, -0.15) is 0 Å². The third-order valence-corrected chi connectivity index (χ3v) is 3.88. The molecule has 0 aromatic heterocycles. The largest absolute Gasteiger partial charge is 0.497 e. The van der Waals surface area contributed by atoms with Gasteiger partial charge in [0.05, 0.1) is 7.11 Å². The summed E-state index contributed by atoms with van der Waals surface area (Å²) in [6.07, 6.45) is 2.79. The van der Waals surface area contributed by atoms with Gasteiger partial charge in [-0.05, 0) is 36.1 Å². The lowest BCUT2D eigenvalue weighted by Crippen LogP contribution is -2.25. The summed E-state index contributed by atoms with van der Waals surface area (Å²) in [5, 5.41) is 2.95. The zero-order chi connectivity index (χ0) is 11.2. The third kappa shape index (κ3) is 1.24. The van der Waals surface area contributed by atoms with Crippen LogP contribution in [0.25, 0.3) is 0 Å². The Balaban J connectivity index is 2.07. The van der Waals surface area contributed by atoms with Crippen molar-refractivity contribution in [3.8, 4) is 5.75 Å². The normalized spacial score (nSPS) is 26.9. The Labute approximate surface area is 94.8 Å². The number of fused-ring (bicyclic) bond motifs is 2. The fourth-order valence-corrected chi connectivity index (χ4v) is 2.97. The average Bonchev–Trinajstić information content (AvgIpc) is 2.85. The van der Waals surface area contributed by atoms with Crippen molar-refractivity contribution in [1.82, 2.24) is 5.32 Å². The quantitative estimate of drug-likeness (QED) is 0.772. The number of ether oxygens (including phenoxy) is 1. The van der Waals surface area contributed by atoms with E-state index in [4.69, 9.17) is 4.74 Å². The molecule has 0 radical (unpaired) electrons. The SMILES string of the molecule is COc1ccc2c(c1)C1(CC2)CNC(=O)C1. The van der Waals surface area contributed by atoms with Gasteiger partial charge in [-0.1, -0.05) is 6.07 Å². The van der Waals surface area contributed by atoms with E-state index in [0.717, 1.165) is 25.1 Å². The molecule has 1 amide bonds. The molecule has 2 aliphatic rings. The molecule has 1 aromatic carbocycles. The summed E-state index contributed by atoms with van der Waals surface area (Å²) in [7, 11) is 1.68. The van der Waals surface area contributed by atoms with Crippen LogP contribution in [0.1, 0.15) is 24.0 Å². The van der Waals surface area contributed by atoms with Crippen molar-refractivity contribution in [2.24, 2.45) is 0 Å². The van der Waals surface area contributed by atoms with Crippen LogP contribution in [-0.4, -0.2) is 19.6 Å². The van der Waals surface area contributed by atoms with Crippen LogP contribution < -0.4 is 10.1 Å². The second-order valence-electron chi connectivity index (χ2n) is 4.76. The van der Waals surface area contributed by atoms with Crippen LogP contribution >= 0.6 is 0 Å². The Kier molecular flexibility index (Phi) is 1.96. The summed E-state index contributed by atoms with van der Waals surface area (Å²) in [5.41, 5.74) is 2.73. The molecule has 1 heterocycles. The molecule has 1 aliphatic carbocycles. The van der Waals surface area contributed by atoms with Crippen LogP contribution in [0, 0.1) is 0 Å². The molecule has 1 spiro atoms. The molecule has 3 rings (SSSR count). The average molecular weight is 217 g/mol. The summed E-state index contributed by atoms with van der Waals surface area (Å²) in [4.78, 5) is 11.4. The van der Waals surface area contributed by atoms with E-state index in [2.05, 4.69) is 17.4 Å². The third-order valence-electron chi connectivity index (χ3n) is 3.88. The molecule has 3 heteroatoms. The van der Waals surface area contributed by atoms with E-state index in [1.807, 2.05) is 6.07 Å². The number of hydrogen-bond donors (Lipinski definition) is 1. The van der Waals surface area contributed by atoms with Gasteiger partial charge in [0.25, 0.3) is 0 Å². The maximum absolute atomic E-state index is 11.4. The molecule has 84 valence electrons. The number of benzene rings is 1. The maximum Gasteiger partial charge on any atom is 0.220 e. The molecule has 3 nitrogen and oxygen atoms in total. The maximum atomic E-state index is 11.4. The van der Waals surface area contributed by atoms with Crippen molar-refractivity contribution >= 4 is 5.91 Å². The van der Waals surface area contributed by atoms with E-state index >= 15 is 0 Å². The van der Waals surface area contributed by atoms with Crippen molar-refractivity contribution in [2.45, 2.75) is 24.7 Å². The minimum atomic E-state index is 0.0426. The molecular formula is C13H15NO2. The topological polar surface area (TPSA) is 38.3 Å². The number of methoxy groups -OCH3 is 1. The Morgan fingerprint density at radius 2 is 2.31 bits per heavy atom. The smallest absolute Gasteiger partial charge is 0.220 e. The second kappa shape index (κ2) is 3.24.